The van der Waals surface area contributed by atoms with Crippen molar-refractivity contribution < 1.29 is 35.9 Å². The van der Waals surface area contributed by atoms with Crippen molar-refractivity contribution in [1.82, 2.24) is 10.6 Å². The van der Waals surface area contributed by atoms with Gasteiger partial charge in [0.05, 0.1) is 11.1 Å². The Morgan fingerprint density at radius 3 is 1.95 bits per heavy atom. The second-order valence-corrected chi connectivity index (χ2v) is 7.96. The van der Waals surface area contributed by atoms with Crippen LogP contribution in [0.5, 0.6) is 0 Å². The van der Waals surface area contributed by atoms with Crippen LogP contribution in [0, 0.1) is 0 Å². The van der Waals surface area contributed by atoms with Crippen LogP contribution in [0.25, 0.3) is 6.08 Å². The van der Waals surface area contributed by atoms with Crippen molar-refractivity contribution in [3.8, 4) is 0 Å². The molecule has 200 valence electrons. The maximum Gasteiger partial charge on any atom is 0.416 e. The standard InChI is InChI=1S/C26H22F6N4O2/c27-25(28,29)19-6-1-4-17(14-19)10-12-33-23(37)35-21-8-3-9-22(16-21)36-24(38)34-13-11-18-5-2-7-20(15-18)26(30,31)32/h1-10,12,14-16H,11,13H2,(H2,33,35,37)(H2,34,36,38)/b12-10+. The summed E-state index contributed by atoms with van der Waals surface area (Å²) in [5.74, 6) is 0. The molecule has 0 atom stereocenters. The molecule has 0 spiro atoms. The van der Waals surface area contributed by atoms with E-state index in [1.54, 1.807) is 18.2 Å². The van der Waals surface area contributed by atoms with Crippen LogP contribution in [0.3, 0.4) is 0 Å². The third kappa shape index (κ3) is 8.87. The molecule has 3 aromatic carbocycles. The summed E-state index contributed by atoms with van der Waals surface area (Å²) in [4.78, 5) is 24.2. The average molecular weight is 536 g/mol. The Labute approximate surface area is 213 Å². The van der Waals surface area contributed by atoms with Gasteiger partial charge in [-0.3, -0.25) is 0 Å². The molecule has 3 aromatic rings. The number of halogens is 6. The fourth-order valence-electron chi connectivity index (χ4n) is 3.27. The number of alkyl halides is 6. The number of benzene rings is 3. The Bertz CT molecular complexity index is 1310. The van der Waals surface area contributed by atoms with Gasteiger partial charge in [-0.2, -0.15) is 26.3 Å². The SMILES string of the molecule is O=C(N/C=C/c1cccc(C(F)(F)F)c1)Nc1cccc(NC(=O)NCCc2cccc(C(F)(F)F)c2)c1. The lowest BCUT2D eigenvalue weighted by Gasteiger charge is -2.11. The van der Waals surface area contributed by atoms with Crippen molar-refractivity contribution in [3.63, 3.8) is 0 Å². The van der Waals surface area contributed by atoms with Crippen molar-refractivity contribution in [3.05, 3.63) is 101 Å². The lowest BCUT2D eigenvalue weighted by Crippen LogP contribution is -2.30. The highest BCUT2D eigenvalue weighted by Gasteiger charge is 2.30. The van der Waals surface area contributed by atoms with Crippen LogP contribution in [0.15, 0.2) is 79.0 Å². The fourth-order valence-corrected chi connectivity index (χ4v) is 3.27. The quantitative estimate of drug-likeness (QED) is 0.248. The van der Waals surface area contributed by atoms with E-state index in [0.29, 0.717) is 16.9 Å². The van der Waals surface area contributed by atoms with Gasteiger partial charge in [0.1, 0.15) is 0 Å². The van der Waals surface area contributed by atoms with Crippen LogP contribution in [-0.2, 0) is 18.8 Å². The molecule has 0 aromatic heterocycles. The molecule has 6 nitrogen and oxygen atoms in total. The van der Waals surface area contributed by atoms with Crippen molar-refractivity contribution >= 4 is 29.5 Å². The van der Waals surface area contributed by atoms with E-state index in [9.17, 15) is 35.9 Å². The highest BCUT2D eigenvalue weighted by atomic mass is 19.4. The summed E-state index contributed by atoms with van der Waals surface area (Å²) in [7, 11) is 0. The van der Waals surface area contributed by atoms with Gasteiger partial charge in [-0.25, -0.2) is 9.59 Å². The summed E-state index contributed by atoms with van der Waals surface area (Å²) < 4.78 is 76.8. The summed E-state index contributed by atoms with van der Waals surface area (Å²) >= 11 is 0. The molecule has 12 heteroatoms. The highest BCUT2D eigenvalue weighted by Crippen LogP contribution is 2.30. The highest BCUT2D eigenvalue weighted by molar-refractivity contribution is 5.93. The van der Waals surface area contributed by atoms with E-state index in [4.69, 9.17) is 0 Å². The lowest BCUT2D eigenvalue weighted by atomic mass is 10.1. The summed E-state index contributed by atoms with van der Waals surface area (Å²) in [6, 6.07) is 14.3. The molecular weight excluding hydrogens is 514 g/mol. The van der Waals surface area contributed by atoms with Crippen molar-refractivity contribution in [2.24, 2.45) is 0 Å². The summed E-state index contributed by atoms with van der Waals surface area (Å²) in [5.41, 5.74) is -0.271. The number of amides is 4. The van der Waals surface area contributed by atoms with Crippen molar-refractivity contribution in [2.45, 2.75) is 18.8 Å². The van der Waals surface area contributed by atoms with E-state index >= 15 is 0 Å². The van der Waals surface area contributed by atoms with Gasteiger partial charge in [0, 0.05) is 24.1 Å². The number of anilines is 2. The van der Waals surface area contributed by atoms with Gasteiger partial charge in [0.25, 0.3) is 0 Å². The zero-order valence-corrected chi connectivity index (χ0v) is 19.6. The number of hydrogen-bond acceptors (Lipinski definition) is 2. The minimum atomic E-state index is -4.48. The monoisotopic (exact) mass is 536 g/mol. The topological polar surface area (TPSA) is 82.3 Å². The molecular formula is C26H22F6N4O2. The second-order valence-electron chi connectivity index (χ2n) is 7.96. The van der Waals surface area contributed by atoms with Crippen molar-refractivity contribution in [1.29, 1.82) is 0 Å². The van der Waals surface area contributed by atoms with Gasteiger partial charge in [0.15, 0.2) is 0 Å². The van der Waals surface area contributed by atoms with Crippen LogP contribution in [0.1, 0.15) is 22.3 Å². The average Bonchev–Trinajstić information content (AvgIpc) is 2.83. The van der Waals surface area contributed by atoms with Crippen LogP contribution in [0.4, 0.5) is 47.3 Å². The first-order valence-corrected chi connectivity index (χ1v) is 11.1. The number of hydrogen-bond donors (Lipinski definition) is 4. The molecule has 0 aliphatic heterocycles. The van der Waals surface area contributed by atoms with Gasteiger partial charge in [0.2, 0.25) is 0 Å². The molecule has 0 unspecified atom stereocenters. The molecule has 3 rings (SSSR count). The van der Waals surface area contributed by atoms with E-state index in [2.05, 4.69) is 21.3 Å². The molecule has 0 saturated heterocycles. The molecule has 0 aliphatic carbocycles. The minimum absolute atomic E-state index is 0.0890. The predicted octanol–water partition coefficient (Wildman–Crippen LogP) is 6.88. The zero-order valence-electron chi connectivity index (χ0n) is 19.6. The van der Waals surface area contributed by atoms with Crippen LogP contribution >= 0.6 is 0 Å². The Kier molecular flexibility index (Phi) is 9.00. The Morgan fingerprint density at radius 1 is 0.711 bits per heavy atom. The number of urea groups is 2. The smallest absolute Gasteiger partial charge is 0.338 e. The van der Waals surface area contributed by atoms with E-state index < -0.39 is 35.5 Å². The summed E-state index contributed by atoms with van der Waals surface area (Å²) in [5, 5.41) is 9.98. The second kappa shape index (κ2) is 12.2. The maximum atomic E-state index is 12.8. The van der Waals surface area contributed by atoms with Crippen LogP contribution in [0.2, 0.25) is 0 Å². The van der Waals surface area contributed by atoms with Crippen LogP contribution < -0.4 is 21.3 Å². The maximum absolute atomic E-state index is 12.8. The van der Waals surface area contributed by atoms with Crippen LogP contribution in [-0.4, -0.2) is 18.6 Å². The zero-order chi connectivity index (χ0) is 27.8. The summed E-state index contributed by atoms with van der Waals surface area (Å²) in [6.07, 6.45) is -6.25. The molecule has 4 N–H and O–H groups in total. The Hall–Kier alpha value is -4.48. The third-order valence-corrected chi connectivity index (χ3v) is 5.04. The first-order chi connectivity index (χ1) is 17.9. The molecule has 0 fully saturated rings. The largest absolute Gasteiger partial charge is 0.416 e. The van der Waals surface area contributed by atoms with Crippen molar-refractivity contribution in [2.75, 3.05) is 17.2 Å². The van der Waals surface area contributed by atoms with E-state index in [1.807, 2.05) is 0 Å². The van der Waals surface area contributed by atoms with Gasteiger partial charge >= 0.3 is 24.4 Å². The van der Waals surface area contributed by atoms with E-state index in [-0.39, 0.29) is 18.5 Å². The van der Waals surface area contributed by atoms with E-state index in [1.165, 1.54) is 42.6 Å². The normalized spacial score (nSPS) is 11.7. The molecule has 0 radical (unpaired) electrons. The first kappa shape index (κ1) is 28.1. The number of carbonyl (C=O) groups is 2. The molecule has 0 heterocycles. The van der Waals surface area contributed by atoms with Gasteiger partial charge < -0.3 is 21.3 Å². The third-order valence-electron chi connectivity index (χ3n) is 5.04. The molecule has 0 saturated carbocycles. The predicted molar refractivity (Wildman–Crippen MR) is 131 cm³/mol. The lowest BCUT2D eigenvalue weighted by molar-refractivity contribution is -0.138. The number of nitrogens with one attached hydrogen (secondary N) is 4. The number of carbonyl (C=O) groups excluding carboxylic acids is 2. The Balaban J connectivity index is 1.47. The first-order valence-electron chi connectivity index (χ1n) is 11.1. The molecule has 0 bridgehead atoms. The number of rotatable bonds is 7. The van der Waals surface area contributed by atoms with E-state index in [0.717, 1.165) is 24.3 Å². The van der Waals surface area contributed by atoms with Gasteiger partial charge in [-0.15, -0.1) is 0 Å². The molecule has 0 aliphatic rings. The summed E-state index contributed by atoms with van der Waals surface area (Å²) in [6.45, 7) is 0.0890. The fraction of sp³-hybridized carbons (Fsp3) is 0.154. The Morgan fingerprint density at radius 2 is 1.29 bits per heavy atom. The molecule has 38 heavy (non-hydrogen) atoms. The minimum Gasteiger partial charge on any atom is -0.338 e. The van der Waals surface area contributed by atoms with Gasteiger partial charge in [-0.1, -0.05) is 36.4 Å². The van der Waals surface area contributed by atoms with Gasteiger partial charge in [-0.05, 0) is 60.0 Å². The molecule has 4 amide bonds.